The number of rotatable bonds is 10. The Labute approximate surface area is 266 Å². The fourth-order valence-electron chi connectivity index (χ4n) is 5.07. The van der Waals surface area contributed by atoms with Crippen molar-refractivity contribution in [1.29, 1.82) is 5.26 Å². The third kappa shape index (κ3) is 6.33. The number of carbonyl (C=O) groups excluding carboxylic acids is 2. The standard InChI is InChI=1S/C35H30Cl2N4O3/c1-4-18-41(32(42)19-26-14-16-30(40(26)3)35(43)25-12-9-23(20-38)10-13-25)29-17-15-28(36)27(33(29)37)21-44-31-7-5-6-24-11-8-22(2)39-34(24)31/h5-17H,4,18-19,21H2,1-3H3. The van der Waals surface area contributed by atoms with Crippen LogP contribution < -0.4 is 9.64 Å². The van der Waals surface area contributed by atoms with E-state index < -0.39 is 0 Å². The van der Waals surface area contributed by atoms with Crippen LogP contribution >= 0.6 is 23.2 Å². The summed E-state index contributed by atoms with van der Waals surface area (Å²) in [7, 11) is 1.76. The number of pyridine rings is 1. The van der Waals surface area contributed by atoms with Crippen LogP contribution in [0, 0.1) is 18.3 Å². The first-order valence-corrected chi connectivity index (χ1v) is 14.9. The summed E-state index contributed by atoms with van der Waals surface area (Å²) >= 11 is 13.5. The third-order valence-electron chi connectivity index (χ3n) is 7.47. The molecule has 222 valence electrons. The number of aromatic nitrogens is 2. The third-order valence-corrected chi connectivity index (χ3v) is 8.24. The Kier molecular flexibility index (Phi) is 9.34. The van der Waals surface area contributed by atoms with Gasteiger partial charge in [0.2, 0.25) is 11.7 Å². The fraction of sp³-hybridized carbons (Fsp3) is 0.200. The lowest BCUT2D eigenvalue weighted by Gasteiger charge is -2.25. The number of ketones is 1. The number of amides is 1. The second-order valence-electron chi connectivity index (χ2n) is 10.4. The van der Waals surface area contributed by atoms with E-state index in [0.29, 0.717) is 62.5 Å². The lowest BCUT2D eigenvalue weighted by Crippen LogP contribution is -2.34. The van der Waals surface area contributed by atoms with Gasteiger partial charge in [-0.1, -0.05) is 48.3 Å². The van der Waals surface area contributed by atoms with Gasteiger partial charge in [0, 0.05) is 46.5 Å². The fourth-order valence-corrected chi connectivity index (χ4v) is 5.65. The van der Waals surface area contributed by atoms with Crippen LogP contribution in [0.15, 0.2) is 78.9 Å². The van der Waals surface area contributed by atoms with Crippen LogP contribution in [0.3, 0.4) is 0 Å². The summed E-state index contributed by atoms with van der Waals surface area (Å²) in [5.41, 5.74) is 4.81. The van der Waals surface area contributed by atoms with Crippen LogP contribution in [-0.4, -0.2) is 27.8 Å². The first-order valence-electron chi connectivity index (χ1n) is 14.2. The Hall–Kier alpha value is -4.64. The van der Waals surface area contributed by atoms with Gasteiger partial charge in [-0.3, -0.25) is 9.59 Å². The molecule has 0 aliphatic heterocycles. The molecule has 0 N–H and O–H groups in total. The van der Waals surface area contributed by atoms with Crippen molar-refractivity contribution < 1.29 is 14.3 Å². The summed E-state index contributed by atoms with van der Waals surface area (Å²) in [5, 5.41) is 10.8. The summed E-state index contributed by atoms with van der Waals surface area (Å²) in [6.07, 6.45) is 0.760. The van der Waals surface area contributed by atoms with Gasteiger partial charge in [-0.25, -0.2) is 4.98 Å². The van der Waals surface area contributed by atoms with E-state index in [4.69, 9.17) is 33.2 Å². The summed E-state index contributed by atoms with van der Waals surface area (Å²) in [4.78, 5) is 33.2. The number of hydrogen-bond acceptors (Lipinski definition) is 5. The van der Waals surface area contributed by atoms with Crippen LogP contribution in [0.2, 0.25) is 10.0 Å². The topological polar surface area (TPSA) is 88.2 Å². The monoisotopic (exact) mass is 624 g/mol. The lowest BCUT2D eigenvalue weighted by molar-refractivity contribution is -0.118. The van der Waals surface area contributed by atoms with Gasteiger partial charge in [-0.2, -0.15) is 5.26 Å². The minimum Gasteiger partial charge on any atom is -0.487 e. The number of ether oxygens (including phenoxy) is 1. The molecule has 2 aromatic heterocycles. The van der Waals surface area contributed by atoms with E-state index in [-0.39, 0.29) is 24.7 Å². The maximum atomic E-state index is 13.7. The highest BCUT2D eigenvalue weighted by Crippen LogP contribution is 2.36. The number of fused-ring (bicyclic) bond motifs is 1. The van der Waals surface area contributed by atoms with E-state index in [2.05, 4.69) is 11.1 Å². The molecule has 0 bridgehead atoms. The van der Waals surface area contributed by atoms with Gasteiger partial charge in [-0.15, -0.1) is 0 Å². The van der Waals surface area contributed by atoms with Crippen LogP contribution in [0.25, 0.3) is 10.9 Å². The average Bonchev–Trinajstić information content (AvgIpc) is 3.39. The number of para-hydroxylation sites is 1. The molecule has 1 amide bonds. The Balaban J connectivity index is 1.38. The molecule has 44 heavy (non-hydrogen) atoms. The van der Waals surface area contributed by atoms with E-state index in [0.717, 1.165) is 16.6 Å². The second-order valence-corrected chi connectivity index (χ2v) is 11.2. The lowest BCUT2D eigenvalue weighted by atomic mass is 10.1. The highest BCUT2D eigenvalue weighted by Gasteiger charge is 2.24. The van der Waals surface area contributed by atoms with Gasteiger partial charge in [0.15, 0.2) is 0 Å². The molecule has 7 nitrogen and oxygen atoms in total. The first kappa shape index (κ1) is 30.8. The molecular weight excluding hydrogens is 595 g/mol. The number of carbonyl (C=O) groups is 2. The van der Waals surface area contributed by atoms with Gasteiger partial charge in [0.25, 0.3) is 0 Å². The highest BCUT2D eigenvalue weighted by atomic mass is 35.5. The molecule has 0 spiro atoms. The van der Waals surface area contributed by atoms with E-state index >= 15 is 0 Å². The van der Waals surface area contributed by atoms with Crippen LogP contribution in [0.4, 0.5) is 5.69 Å². The Morgan fingerprint density at radius 2 is 1.77 bits per heavy atom. The normalized spacial score (nSPS) is 10.9. The zero-order valence-electron chi connectivity index (χ0n) is 24.6. The van der Waals surface area contributed by atoms with Gasteiger partial charge >= 0.3 is 0 Å². The summed E-state index contributed by atoms with van der Waals surface area (Å²) in [6, 6.07) is 25.2. The van der Waals surface area contributed by atoms with Gasteiger partial charge < -0.3 is 14.2 Å². The van der Waals surface area contributed by atoms with E-state index in [9.17, 15) is 9.59 Å². The minimum absolute atomic E-state index is 0.0585. The maximum Gasteiger partial charge on any atom is 0.232 e. The first-order chi connectivity index (χ1) is 21.2. The molecule has 0 fully saturated rings. The van der Waals surface area contributed by atoms with Gasteiger partial charge in [0.05, 0.1) is 34.5 Å². The summed E-state index contributed by atoms with van der Waals surface area (Å²) in [5.74, 6) is 0.249. The van der Waals surface area contributed by atoms with E-state index in [1.54, 1.807) is 65.0 Å². The number of hydrogen-bond donors (Lipinski definition) is 0. The predicted molar refractivity (Wildman–Crippen MR) is 174 cm³/mol. The molecule has 9 heteroatoms. The molecule has 5 rings (SSSR count). The van der Waals surface area contributed by atoms with Crippen molar-refractivity contribution in [2.45, 2.75) is 33.3 Å². The van der Waals surface area contributed by atoms with E-state index in [1.165, 1.54) is 0 Å². The zero-order chi connectivity index (χ0) is 31.4. The largest absolute Gasteiger partial charge is 0.487 e. The van der Waals surface area contributed by atoms with Crippen LogP contribution in [-0.2, 0) is 24.9 Å². The average molecular weight is 626 g/mol. The van der Waals surface area contributed by atoms with Crippen molar-refractivity contribution in [3.8, 4) is 11.8 Å². The van der Waals surface area contributed by atoms with Crippen LogP contribution in [0.5, 0.6) is 5.75 Å². The second kappa shape index (κ2) is 13.3. The van der Waals surface area contributed by atoms with Gasteiger partial charge in [0.1, 0.15) is 17.9 Å². The number of aryl methyl sites for hydroxylation is 1. The molecule has 0 aliphatic carbocycles. The number of nitrogens with zero attached hydrogens (tertiary/aromatic N) is 4. The molecular formula is C35H30Cl2N4O3. The number of halogens is 2. The molecule has 3 aromatic carbocycles. The minimum atomic E-state index is -0.192. The zero-order valence-corrected chi connectivity index (χ0v) is 26.1. The van der Waals surface area contributed by atoms with Crippen molar-refractivity contribution in [3.63, 3.8) is 0 Å². The summed E-state index contributed by atoms with van der Waals surface area (Å²) in [6.45, 7) is 4.44. The Bertz CT molecular complexity index is 1910. The quantitative estimate of drug-likeness (QED) is 0.148. The highest BCUT2D eigenvalue weighted by molar-refractivity contribution is 6.38. The SMILES string of the molecule is CCCN(C(=O)Cc1ccc(C(=O)c2ccc(C#N)cc2)n1C)c1ccc(Cl)c(COc2cccc3ccc(C)nc23)c1Cl. The predicted octanol–water partition coefficient (Wildman–Crippen LogP) is 7.86. The molecule has 5 aromatic rings. The van der Waals surface area contributed by atoms with E-state index in [1.807, 2.05) is 44.2 Å². The molecule has 0 saturated heterocycles. The number of benzene rings is 3. The molecule has 0 saturated carbocycles. The molecule has 2 heterocycles. The molecule has 0 radical (unpaired) electrons. The smallest absolute Gasteiger partial charge is 0.232 e. The van der Waals surface area contributed by atoms with Crippen molar-refractivity contribution in [2.75, 3.05) is 11.4 Å². The molecule has 0 unspecified atom stereocenters. The van der Waals surface area contributed by atoms with Gasteiger partial charge in [-0.05, 0) is 74.0 Å². The molecule has 0 atom stereocenters. The van der Waals surface area contributed by atoms with Crippen molar-refractivity contribution in [2.24, 2.45) is 7.05 Å². The number of nitriles is 1. The van der Waals surface area contributed by atoms with Crippen molar-refractivity contribution >= 4 is 51.5 Å². The maximum absolute atomic E-state index is 13.7. The summed E-state index contributed by atoms with van der Waals surface area (Å²) < 4.78 is 7.90. The number of anilines is 1. The Morgan fingerprint density at radius 3 is 2.50 bits per heavy atom. The molecule has 0 aliphatic rings. The Morgan fingerprint density at radius 1 is 1.00 bits per heavy atom. The van der Waals surface area contributed by atoms with Crippen molar-refractivity contribution in [3.05, 3.63) is 123 Å². The van der Waals surface area contributed by atoms with Crippen LogP contribution in [0.1, 0.15) is 51.9 Å². The van der Waals surface area contributed by atoms with Crippen molar-refractivity contribution in [1.82, 2.24) is 9.55 Å².